The molecule has 0 aliphatic carbocycles. The normalized spacial score (nSPS) is 12.0. The second-order valence-electron chi connectivity index (χ2n) is 6.74. The van der Waals surface area contributed by atoms with Gasteiger partial charge in [-0.3, -0.25) is 10.1 Å². The molecule has 9 nitrogen and oxygen atoms in total. The number of urea groups is 1. The van der Waals surface area contributed by atoms with Crippen LogP contribution in [-0.4, -0.2) is 38.8 Å². The van der Waals surface area contributed by atoms with Gasteiger partial charge in [0.2, 0.25) is 0 Å². The van der Waals surface area contributed by atoms with E-state index in [1.54, 1.807) is 16.9 Å². The van der Waals surface area contributed by atoms with Crippen molar-refractivity contribution >= 4 is 28.9 Å². The largest absolute Gasteiger partial charge is 0.449 e. The van der Waals surface area contributed by atoms with Crippen LogP contribution in [0.4, 0.5) is 4.79 Å². The van der Waals surface area contributed by atoms with Crippen LogP contribution in [0.1, 0.15) is 37.2 Å². The van der Waals surface area contributed by atoms with Gasteiger partial charge in [-0.05, 0) is 26.8 Å². The first-order valence-electron chi connectivity index (χ1n) is 9.03. The third-order valence-corrected chi connectivity index (χ3v) is 4.24. The van der Waals surface area contributed by atoms with Gasteiger partial charge < -0.3 is 10.5 Å². The van der Waals surface area contributed by atoms with E-state index in [1.165, 1.54) is 6.92 Å². The summed E-state index contributed by atoms with van der Waals surface area (Å²) >= 11 is 0. The summed E-state index contributed by atoms with van der Waals surface area (Å²) in [4.78, 5) is 40.2. The zero-order chi connectivity index (χ0) is 21.1. The topological polar surface area (TPSA) is 129 Å². The van der Waals surface area contributed by atoms with Gasteiger partial charge in [-0.25, -0.2) is 19.3 Å². The molecule has 0 spiro atoms. The van der Waals surface area contributed by atoms with E-state index >= 15 is 0 Å². The van der Waals surface area contributed by atoms with Gasteiger partial charge in [-0.1, -0.05) is 30.3 Å². The van der Waals surface area contributed by atoms with E-state index in [4.69, 9.17) is 10.5 Å². The van der Waals surface area contributed by atoms with E-state index in [1.807, 2.05) is 49.5 Å². The van der Waals surface area contributed by atoms with Crippen molar-refractivity contribution in [2.45, 2.75) is 32.9 Å². The molecule has 1 aromatic carbocycles. The fraction of sp³-hybridized carbons (Fsp3) is 0.250. The van der Waals surface area contributed by atoms with Crippen LogP contribution in [0.3, 0.4) is 0 Å². The maximum atomic E-state index is 12.8. The summed E-state index contributed by atoms with van der Waals surface area (Å²) in [6, 6.07) is 9.98. The fourth-order valence-corrected chi connectivity index (χ4v) is 2.82. The molecule has 3 rings (SSSR count). The molecule has 0 aliphatic rings. The Labute approximate surface area is 166 Å². The Morgan fingerprint density at radius 3 is 2.45 bits per heavy atom. The molecule has 0 saturated heterocycles. The van der Waals surface area contributed by atoms with Crippen molar-refractivity contribution in [1.29, 1.82) is 0 Å². The first-order chi connectivity index (χ1) is 13.8. The highest BCUT2D eigenvalue weighted by molar-refractivity contribution is 6.05. The Hall–Kier alpha value is -3.75. The third kappa shape index (κ3) is 4.23. The number of primary amides is 1. The number of benzene rings is 1. The van der Waals surface area contributed by atoms with Crippen LogP contribution < -0.4 is 11.1 Å². The van der Waals surface area contributed by atoms with Gasteiger partial charge in [0, 0.05) is 11.6 Å². The number of imide groups is 1. The third-order valence-electron chi connectivity index (χ3n) is 4.24. The van der Waals surface area contributed by atoms with Crippen LogP contribution in [0, 0.1) is 0 Å². The summed E-state index contributed by atoms with van der Waals surface area (Å²) in [7, 11) is 0. The first-order valence-corrected chi connectivity index (χ1v) is 9.03. The molecule has 1 atom stereocenters. The van der Waals surface area contributed by atoms with Crippen LogP contribution in [0.2, 0.25) is 0 Å². The van der Waals surface area contributed by atoms with Crippen molar-refractivity contribution in [3.8, 4) is 11.3 Å². The molecule has 0 saturated carbocycles. The van der Waals surface area contributed by atoms with Crippen molar-refractivity contribution in [2.24, 2.45) is 5.73 Å². The molecule has 150 valence electrons. The molecule has 0 fully saturated rings. The maximum Gasteiger partial charge on any atom is 0.339 e. The summed E-state index contributed by atoms with van der Waals surface area (Å²) in [6.07, 6.45) is 0.334. The highest BCUT2D eigenvalue weighted by atomic mass is 16.5. The van der Waals surface area contributed by atoms with Crippen molar-refractivity contribution in [2.75, 3.05) is 0 Å². The van der Waals surface area contributed by atoms with Crippen molar-refractivity contribution in [3.05, 3.63) is 48.2 Å². The van der Waals surface area contributed by atoms with Gasteiger partial charge >= 0.3 is 12.0 Å². The molecular weight excluding hydrogens is 374 g/mol. The van der Waals surface area contributed by atoms with Crippen molar-refractivity contribution in [1.82, 2.24) is 20.1 Å². The van der Waals surface area contributed by atoms with Crippen LogP contribution >= 0.6 is 0 Å². The predicted molar refractivity (Wildman–Crippen MR) is 106 cm³/mol. The average Bonchev–Trinajstić information content (AvgIpc) is 3.11. The molecule has 2 heterocycles. The lowest BCUT2D eigenvalue weighted by molar-refractivity contribution is -0.127. The molecule has 3 aromatic rings. The molecule has 3 N–H and O–H groups in total. The number of aromatic nitrogens is 3. The highest BCUT2D eigenvalue weighted by Gasteiger charge is 2.24. The van der Waals surface area contributed by atoms with Gasteiger partial charge in [-0.15, -0.1) is 0 Å². The van der Waals surface area contributed by atoms with E-state index in [-0.39, 0.29) is 11.6 Å². The summed E-state index contributed by atoms with van der Waals surface area (Å²) in [5.74, 6) is -1.54. The molecule has 2 aromatic heterocycles. The molecule has 3 amide bonds. The standard InChI is InChI=1S/C20H21N5O4/c1-11(2)25-17-15(10-22-25)14(9-16(23-17)13-7-5-4-6-8-13)19(27)29-12(3)18(26)24-20(21)28/h4-12H,1-3H3,(H3,21,24,26,28). The number of ether oxygens (including phenoxy) is 1. The SMILES string of the molecule is CC(OC(=O)c1cc(-c2ccccc2)nc2c1cnn2C(C)C)C(=O)NC(N)=O. The highest BCUT2D eigenvalue weighted by Crippen LogP contribution is 2.27. The number of esters is 1. The molecule has 9 heteroatoms. The zero-order valence-corrected chi connectivity index (χ0v) is 16.2. The summed E-state index contributed by atoms with van der Waals surface area (Å²) in [5, 5.41) is 6.72. The predicted octanol–water partition coefficient (Wildman–Crippen LogP) is 2.42. The van der Waals surface area contributed by atoms with Gasteiger partial charge in [0.1, 0.15) is 0 Å². The van der Waals surface area contributed by atoms with Gasteiger partial charge in [0.15, 0.2) is 11.8 Å². The van der Waals surface area contributed by atoms with E-state index < -0.39 is 24.0 Å². The van der Waals surface area contributed by atoms with Crippen LogP contribution in [0.15, 0.2) is 42.6 Å². The van der Waals surface area contributed by atoms with E-state index in [9.17, 15) is 14.4 Å². The lowest BCUT2D eigenvalue weighted by Gasteiger charge is -2.14. The Bertz CT molecular complexity index is 1080. The number of nitrogens with zero attached hydrogens (tertiary/aromatic N) is 3. The number of fused-ring (bicyclic) bond motifs is 1. The number of nitrogens with one attached hydrogen (secondary N) is 1. The van der Waals surface area contributed by atoms with Crippen LogP contribution in [0.5, 0.6) is 0 Å². The Morgan fingerprint density at radius 1 is 1.14 bits per heavy atom. The average molecular weight is 395 g/mol. The molecule has 0 radical (unpaired) electrons. The van der Waals surface area contributed by atoms with E-state index in [0.29, 0.717) is 16.7 Å². The Morgan fingerprint density at radius 2 is 1.83 bits per heavy atom. The molecular formula is C20H21N5O4. The fourth-order valence-electron chi connectivity index (χ4n) is 2.82. The zero-order valence-electron chi connectivity index (χ0n) is 16.2. The monoisotopic (exact) mass is 395 g/mol. The molecule has 29 heavy (non-hydrogen) atoms. The van der Waals surface area contributed by atoms with Gasteiger partial charge in [-0.2, -0.15) is 5.10 Å². The lowest BCUT2D eigenvalue weighted by Crippen LogP contribution is -2.42. The Kier molecular flexibility index (Phi) is 5.58. The minimum atomic E-state index is -1.21. The van der Waals surface area contributed by atoms with Crippen LogP contribution in [-0.2, 0) is 9.53 Å². The quantitative estimate of drug-likeness (QED) is 0.638. The smallest absolute Gasteiger partial charge is 0.339 e. The minimum Gasteiger partial charge on any atom is -0.449 e. The number of hydrogen-bond donors (Lipinski definition) is 2. The van der Waals surface area contributed by atoms with Gasteiger partial charge in [0.25, 0.3) is 5.91 Å². The summed E-state index contributed by atoms with van der Waals surface area (Å²) in [6.45, 7) is 5.26. The summed E-state index contributed by atoms with van der Waals surface area (Å²) < 4.78 is 6.95. The maximum absolute atomic E-state index is 12.8. The van der Waals surface area contributed by atoms with Crippen molar-refractivity contribution in [3.63, 3.8) is 0 Å². The van der Waals surface area contributed by atoms with Crippen molar-refractivity contribution < 1.29 is 19.1 Å². The summed E-state index contributed by atoms with van der Waals surface area (Å²) in [5.41, 5.74) is 7.07. The first kappa shape index (κ1) is 20.0. The second-order valence-corrected chi connectivity index (χ2v) is 6.74. The van der Waals surface area contributed by atoms with E-state index in [2.05, 4.69) is 10.1 Å². The van der Waals surface area contributed by atoms with Crippen LogP contribution in [0.25, 0.3) is 22.3 Å². The number of hydrogen-bond acceptors (Lipinski definition) is 6. The number of nitrogens with two attached hydrogens (primary N) is 1. The number of pyridine rings is 1. The second kappa shape index (κ2) is 8.09. The van der Waals surface area contributed by atoms with E-state index in [0.717, 1.165) is 5.56 Å². The number of carbonyl (C=O) groups is 3. The molecule has 1 unspecified atom stereocenters. The molecule has 0 aliphatic heterocycles. The Balaban J connectivity index is 2.05. The number of amides is 3. The molecule has 0 bridgehead atoms. The van der Waals surface area contributed by atoms with Gasteiger partial charge in [0.05, 0.1) is 22.8 Å². The number of rotatable bonds is 5. The lowest BCUT2D eigenvalue weighted by atomic mass is 10.1. The number of carbonyl (C=O) groups excluding carboxylic acids is 3. The minimum absolute atomic E-state index is 0.0233.